The smallest absolute Gasteiger partial charge is 0.303 e. The summed E-state index contributed by atoms with van der Waals surface area (Å²) in [5.74, 6) is 0.305. The molecule has 5 heteroatoms. The lowest BCUT2D eigenvalue weighted by Gasteiger charge is -2.42. The SMILES string of the molecule is CC(C)(C)[Si](C)(C)O[C@@H](CCC1=CCC(=O)[C@]1(C)CCCCCCC(=O)O)C1CCCCC1. The van der Waals surface area contributed by atoms with E-state index < -0.39 is 14.3 Å². The van der Waals surface area contributed by atoms with E-state index in [2.05, 4.69) is 46.9 Å². The van der Waals surface area contributed by atoms with Crippen LogP contribution in [0.2, 0.25) is 18.1 Å². The van der Waals surface area contributed by atoms with Gasteiger partial charge in [0, 0.05) is 24.4 Å². The largest absolute Gasteiger partial charge is 0.481 e. The van der Waals surface area contributed by atoms with Crippen molar-refractivity contribution in [1.82, 2.24) is 0 Å². The van der Waals surface area contributed by atoms with E-state index in [1.807, 2.05) is 0 Å². The number of ketones is 1. The molecule has 0 aliphatic heterocycles. The Balaban J connectivity index is 1.99. The van der Waals surface area contributed by atoms with E-state index in [1.165, 1.54) is 37.7 Å². The molecule has 2 rings (SSSR count). The number of carbonyl (C=O) groups is 2. The van der Waals surface area contributed by atoms with Crippen molar-refractivity contribution < 1.29 is 19.1 Å². The molecule has 0 bridgehead atoms. The zero-order valence-corrected chi connectivity index (χ0v) is 23.3. The van der Waals surface area contributed by atoms with Crippen molar-refractivity contribution in [2.75, 3.05) is 0 Å². The Morgan fingerprint density at radius 3 is 2.39 bits per heavy atom. The van der Waals surface area contributed by atoms with Crippen LogP contribution in [0.25, 0.3) is 0 Å². The second-order valence-corrected chi connectivity index (χ2v) is 17.1. The standard InChI is InChI=1S/C28H50O4Si/c1-27(2,3)33(5,6)32-24(22-14-10-9-11-15-22)19-17-23-18-20-25(29)28(23,4)21-13-8-7-12-16-26(30)31/h18,22,24H,7-17,19-21H2,1-6H3,(H,30,31)/t24-,28+/m0/s1. The molecular weight excluding hydrogens is 428 g/mol. The molecule has 0 spiro atoms. The zero-order chi connectivity index (χ0) is 24.7. The minimum Gasteiger partial charge on any atom is -0.481 e. The summed E-state index contributed by atoms with van der Waals surface area (Å²) < 4.78 is 7.02. The molecule has 0 unspecified atom stereocenters. The summed E-state index contributed by atoms with van der Waals surface area (Å²) in [6.07, 6.45) is 16.4. The summed E-state index contributed by atoms with van der Waals surface area (Å²) >= 11 is 0. The molecule has 1 N–H and O–H groups in total. The number of hydrogen-bond donors (Lipinski definition) is 1. The maximum Gasteiger partial charge on any atom is 0.303 e. The Kier molecular flexibility index (Phi) is 10.4. The first kappa shape index (κ1) is 28.3. The fourth-order valence-corrected chi connectivity index (χ4v) is 6.80. The minimum atomic E-state index is -1.85. The highest BCUT2D eigenvalue weighted by atomic mass is 28.4. The summed E-state index contributed by atoms with van der Waals surface area (Å²) in [5.41, 5.74) is 0.999. The van der Waals surface area contributed by atoms with Crippen LogP contribution in [0, 0.1) is 11.3 Å². The number of carboxylic acid groups (broad SMARTS) is 1. The van der Waals surface area contributed by atoms with Gasteiger partial charge in [0.2, 0.25) is 0 Å². The van der Waals surface area contributed by atoms with Crippen molar-refractivity contribution in [3.8, 4) is 0 Å². The maximum atomic E-state index is 12.9. The third-order valence-electron chi connectivity index (χ3n) is 8.80. The molecule has 0 amide bonds. The van der Waals surface area contributed by atoms with E-state index in [1.54, 1.807) is 0 Å². The molecule has 1 fully saturated rings. The molecule has 0 heterocycles. The van der Waals surface area contributed by atoms with Gasteiger partial charge in [-0.3, -0.25) is 9.59 Å². The van der Waals surface area contributed by atoms with E-state index >= 15 is 0 Å². The Hall–Kier alpha value is -0.943. The molecule has 0 saturated heterocycles. The van der Waals surface area contributed by atoms with Crippen LogP contribution in [0.15, 0.2) is 11.6 Å². The highest BCUT2D eigenvalue weighted by molar-refractivity contribution is 6.74. The predicted molar refractivity (Wildman–Crippen MR) is 139 cm³/mol. The monoisotopic (exact) mass is 478 g/mol. The van der Waals surface area contributed by atoms with Gasteiger partial charge in [0.1, 0.15) is 5.78 Å². The van der Waals surface area contributed by atoms with Crippen LogP contribution in [0.1, 0.15) is 118 Å². The second kappa shape index (κ2) is 12.1. The van der Waals surface area contributed by atoms with Crippen LogP contribution in [0.3, 0.4) is 0 Å². The fraction of sp³-hybridized carbons (Fsp3) is 0.857. The van der Waals surface area contributed by atoms with Crippen LogP contribution in [0.4, 0.5) is 0 Å². The molecule has 1 saturated carbocycles. The lowest BCUT2D eigenvalue weighted by atomic mass is 9.75. The lowest BCUT2D eigenvalue weighted by molar-refractivity contribution is -0.137. The predicted octanol–water partition coefficient (Wildman–Crippen LogP) is 8.07. The normalized spacial score (nSPS) is 23.6. The highest BCUT2D eigenvalue weighted by Crippen LogP contribution is 2.45. The summed E-state index contributed by atoms with van der Waals surface area (Å²) in [6, 6.07) is 0. The van der Waals surface area contributed by atoms with E-state index in [9.17, 15) is 9.59 Å². The summed E-state index contributed by atoms with van der Waals surface area (Å²) in [5, 5.41) is 9.01. The molecule has 33 heavy (non-hydrogen) atoms. The van der Waals surface area contributed by atoms with Gasteiger partial charge in [-0.05, 0) is 69.5 Å². The van der Waals surface area contributed by atoms with Gasteiger partial charge < -0.3 is 9.53 Å². The van der Waals surface area contributed by atoms with Crippen LogP contribution < -0.4 is 0 Å². The van der Waals surface area contributed by atoms with Crippen molar-refractivity contribution in [1.29, 1.82) is 0 Å². The van der Waals surface area contributed by atoms with Crippen molar-refractivity contribution >= 4 is 20.1 Å². The molecule has 2 aliphatic rings. The van der Waals surface area contributed by atoms with Crippen molar-refractivity contribution in [2.24, 2.45) is 11.3 Å². The number of Topliss-reactive ketones (excluding diaryl/α,β-unsaturated/α-hetero) is 1. The number of aliphatic carboxylic acids is 1. The number of hydrogen-bond acceptors (Lipinski definition) is 3. The Bertz CT molecular complexity index is 685. The quantitative estimate of drug-likeness (QED) is 0.165. The number of allylic oxidation sites excluding steroid dienone is 2. The van der Waals surface area contributed by atoms with Gasteiger partial charge in [-0.25, -0.2) is 0 Å². The Morgan fingerprint density at radius 2 is 1.79 bits per heavy atom. The van der Waals surface area contributed by atoms with E-state index in [0.29, 0.717) is 24.2 Å². The van der Waals surface area contributed by atoms with E-state index in [0.717, 1.165) is 44.9 Å². The first-order valence-electron chi connectivity index (χ1n) is 13.5. The van der Waals surface area contributed by atoms with Crippen LogP contribution in [0.5, 0.6) is 0 Å². The molecule has 0 radical (unpaired) electrons. The Morgan fingerprint density at radius 1 is 1.15 bits per heavy atom. The third kappa shape index (κ3) is 8.05. The number of rotatable bonds is 13. The molecule has 190 valence electrons. The number of carbonyl (C=O) groups excluding carboxylic acids is 1. The van der Waals surface area contributed by atoms with Gasteiger partial charge in [-0.15, -0.1) is 0 Å². The zero-order valence-electron chi connectivity index (χ0n) is 22.3. The molecular formula is C28H50O4Si. The van der Waals surface area contributed by atoms with Gasteiger partial charge in [0.05, 0.1) is 0 Å². The van der Waals surface area contributed by atoms with Gasteiger partial charge in [0.25, 0.3) is 0 Å². The van der Waals surface area contributed by atoms with Crippen molar-refractivity contribution in [2.45, 2.75) is 142 Å². The van der Waals surface area contributed by atoms with Gasteiger partial charge in [0.15, 0.2) is 8.32 Å². The first-order valence-corrected chi connectivity index (χ1v) is 16.4. The van der Waals surface area contributed by atoms with Crippen molar-refractivity contribution in [3.63, 3.8) is 0 Å². The third-order valence-corrected chi connectivity index (χ3v) is 13.3. The van der Waals surface area contributed by atoms with E-state index in [4.69, 9.17) is 9.53 Å². The lowest BCUT2D eigenvalue weighted by Crippen LogP contribution is -2.46. The van der Waals surface area contributed by atoms with Crippen molar-refractivity contribution in [3.05, 3.63) is 11.6 Å². The van der Waals surface area contributed by atoms with Gasteiger partial charge in [-0.1, -0.05) is 70.9 Å². The summed E-state index contributed by atoms with van der Waals surface area (Å²) in [4.78, 5) is 23.6. The van der Waals surface area contributed by atoms with Crippen LogP contribution >= 0.6 is 0 Å². The average molecular weight is 479 g/mol. The molecule has 0 aromatic heterocycles. The van der Waals surface area contributed by atoms with Gasteiger partial charge >= 0.3 is 5.97 Å². The molecule has 0 aromatic rings. The summed E-state index contributed by atoms with van der Waals surface area (Å²) in [6.45, 7) is 13.9. The maximum absolute atomic E-state index is 12.9. The topological polar surface area (TPSA) is 63.6 Å². The average Bonchev–Trinajstić information content (AvgIpc) is 3.01. The summed E-state index contributed by atoms with van der Waals surface area (Å²) in [7, 11) is -1.85. The van der Waals surface area contributed by atoms with Crippen LogP contribution in [-0.4, -0.2) is 31.3 Å². The first-order chi connectivity index (χ1) is 15.4. The minimum absolute atomic E-state index is 0.206. The molecule has 2 atom stereocenters. The second-order valence-electron chi connectivity index (χ2n) is 12.4. The van der Waals surface area contributed by atoms with Crippen LogP contribution in [-0.2, 0) is 14.0 Å². The highest BCUT2D eigenvalue weighted by Gasteiger charge is 2.42. The Labute approximate surface area is 204 Å². The fourth-order valence-electron chi connectivity index (χ4n) is 5.38. The molecule has 0 aromatic carbocycles. The number of unbranched alkanes of at least 4 members (excludes halogenated alkanes) is 3. The molecule has 2 aliphatic carbocycles. The molecule has 4 nitrogen and oxygen atoms in total. The van der Waals surface area contributed by atoms with Gasteiger partial charge in [-0.2, -0.15) is 0 Å². The number of carboxylic acids is 1. The van der Waals surface area contributed by atoms with E-state index in [-0.39, 0.29) is 16.9 Å².